The summed E-state index contributed by atoms with van der Waals surface area (Å²) in [4.78, 5) is 2.49. The van der Waals surface area contributed by atoms with Gasteiger partial charge in [0.15, 0.2) is 0 Å². The fraction of sp³-hybridized carbons (Fsp3) is 0.714. The molecule has 20 heavy (non-hydrogen) atoms. The number of hydrogen-bond acceptors (Lipinski definition) is 4. The Kier molecular flexibility index (Phi) is 3.69. The Morgan fingerprint density at radius 2 is 2.15 bits per heavy atom. The number of hydrogen-bond donors (Lipinski definition) is 1. The van der Waals surface area contributed by atoms with Crippen LogP contribution >= 0.6 is 11.3 Å². The first-order chi connectivity index (χ1) is 9.43. The van der Waals surface area contributed by atoms with Gasteiger partial charge in [0.1, 0.15) is 0 Å². The van der Waals surface area contributed by atoms with Gasteiger partial charge < -0.3 is 5.32 Å². The first-order valence-corrected chi connectivity index (χ1v) is 9.47. The summed E-state index contributed by atoms with van der Waals surface area (Å²) in [5, 5.41) is 3.39. The minimum Gasteiger partial charge on any atom is -0.316 e. The number of aryl methyl sites for hydroxylation is 2. The third kappa shape index (κ3) is 2.43. The molecule has 0 aliphatic carbocycles. The zero-order valence-electron chi connectivity index (χ0n) is 12.1. The minimum absolute atomic E-state index is 0.171. The summed E-state index contributed by atoms with van der Waals surface area (Å²) in [5.41, 5.74) is 0.171. The number of nitrogens with zero attached hydrogens (tertiary/aromatic N) is 1. The molecule has 1 aromatic heterocycles. The lowest BCUT2D eigenvalue weighted by Crippen LogP contribution is -2.47. The maximum absolute atomic E-state index is 12.9. The molecule has 2 fully saturated rings. The topological polar surface area (TPSA) is 49.4 Å². The predicted octanol–water partition coefficient (Wildman–Crippen LogP) is 2.13. The van der Waals surface area contributed by atoms with E-state index in [-0.39, 0.29) is 5.41 Å². The third-order valence-electron chi connectivity index (χ3n) is 4.57. The highest BCUT2D eigenvalue weighted by Crippen LogP contribution is 2.38. The molecule has 0 aromatic carbocycles. The number of rotatable bonds is 2. The van der Waals surface area contributed by atoms with E-state index in [0.717, 1.165) is 42.1 Å². The molecule has 0 saturated carbocycles. The predicted molar refractivity (Wildman–Crippen MR) is 81.7 cm³/mol. The van der Waals surface area contributed by atoms with E-state index in [1.807, 2.05) is 19.9 Å². The summed E-state index contributed by atoms with van der Waals surface area (Å²) in [5.74, 6) is 0. The molecule has 1 spiro atoms. The van der Waals surface area contributed by atoms with E-state index in [1.165, 1.54) is 0 Å². The smallest absolute Gasteiger partial charge is 0.244 e. The van der Waals surface area contributed by atoms with E-state index in [1.54, 1.807) is 15.6 Å². The van der Waals surface area contributed by atoms with E-state index in [4.69, 9.17) is 0 Å². The lowest BCUT2D eigenvalue weighted by Gasteiger charge is -2.39. The van der Waals surface area contributed by atoms with Crippen molar-refractivity contribution in [3.8, 4) is 0 Å². The molecule has 0 unspecified atom stereocenters. The Morgan fingerprint density at radius 1 is 1.35 bits per heavy atom. The van der Waals surface area contributed by atoms with Crippen LogP contribution in [0.5, 0.6) is 0 Å². The molecule has 0 radical (unpaired) electrons. The van der Waals surface area contributed by atoms with Gasteiger partial charge >= 0.3 is 0 Å². The molecule has 4 nitrogen and oxygen atoms in total. The molecule has 0 bridgehead atoms. The van der Waals surface area contributed by atoms with Crippen LogP contribution in [0.2, 0.25) is 0 Å². The van der Waals surface area contributed by atoms with Crippen molar-refractivity contribution < 1.29 is 8.42 Å². The molecular weight excluding hydrogens is 292 g/mol. The van der Waals surface area contributed by atoms with Crippen LogP contribution in [0, 0.1) is 19.3 Å². The summed E-state index contributed by atoms with van der Waals surface area (Å²) >= 11 is 1.57. The van der Waals surface area contributed by atoms with Crippen molar-refractivity contribution in [2.75, 3.05) is 26.2 Å². The van der Waals surface area contributed by atoms with E-state index >= 15 is 0 Å². The van der Waals surface area contributed by atoms with Crippen LogP contribution in [-0.2, 0) is 10.0 Å². The van der Waals surface area contributed by atoms with Gasteiger partial charge in [-0.2, -0.15) is 4.31 Å². The second kappa shape index (κ2) is 5.09. The SMILES string of the molecule is Cc1cc(S(=O)(=O)N2CCC[C@@]3(CCNC3)C2)c(C)s1. The van der Waals surface area contributed by atoms with Crippen molar-refractivity contribution in [2.45, 2.75) is 38.0 Å². The molecule has 0 amide bonds. The molecule has 1 aromatic rings. The van der Waals surface area contributed by atoms with Gasteiger partial charge in [0, 0.05) is 29.4 Å². The normalized spacial score (nSPS) is 28.3. The van der Waals surface area contributed by atoms with Crippen LogP contribution in [0.3, 0.4) is 0 Å². The first kappa shape index (κ1) is 14.5. The lowest BCUT2D eigenvalue weighted by atomic mass is 9.80. The van der Waals surface area contributed by atoms with Gasteiger partial charge in [0.25, 0.3) is 0 Å². The fourth-order valence-electron chi connectivity index (χ4n) is 3.51. The standard InChI is InChI=1S/C14H22N2O2S2/c1-11-8-13(12(2)19-11)20(17,18)16-7-3-4-14(10-16)5-6-15-9-14/h8,15H,3-7,9-10H2,1-2H3/t14-/m0/s1. The third-order valence-corrected chi connectivity index (χ3v) is 7.64. The average molecular weight is 314 g/mol. The second-order valence-corrected chi connectivity index (χ2v) is 9.51. The first-order valence-electron chi connectivity index (χ1n) is 7.21. The van der Waals surface area contributed by atoms with Crippen LogP contribution in [-0.4, -0.2) is 38.9 Å². The molecule has 3 heterocycles. The van der Waals surface area contributed by atoms with Crippen LogP contribution < -0.4 is 5.32 Å². The highest BCUT2D eigenvalue weighted by molar-refractivity contribution is 7.89. The van der Waals surface area contributed by atoms with Gasteiger partial charge in [-0.05, 0) is 51.1 Å². The van der Waals surface area contributed by atoms with Gasteiger partial charge in [-0.1, -0.05) is 0 Å². The van der Waals surface area contributed by atoms with Gasteiger partial charge in [0.05, 0.1) is 4.90 Å². The van der Waals surface area contributed by atoms with E-state index in [9.17, 15) is 8.42 Å². The molecule has 112 valence electrons. The maximum atomic E-state index is 12.9. The van der Waals surface area contributed by atoms with E-state index in [2.05, 4.69) is 5.32 Å². The van der Waals surface area contributed by atoms with Crippen LogP contribution in [0.15, 0.2) is 11.0 Å². The largest absolute Gasteiger partial charge is 0.316 e. The van der Waals surface area contributed by atoms with Crippen molar-refractivity contribution in [3.63, 3.8) is 0 Å². The van der Waals surface area contributed by atoms with Crippen LogP contribution in [0.4, 0.5) is 0 Å². The van der Waals surface area contributed by atoms with Gasteiger partial charge in [-0.25, -0.2) is 8.42 Å². The van der Waals surface area contributed by atoms with Gasteiger partial charge in [-0.3, -0.25) is 0 Å². The van der Waals surface area contributed by atoms with Crippen molar-refractivity contribution in [1.82, 2.24) is 9.62 Å². The molecule has 6 heteroatoms. The Bertz CT molecular complexity index is 601. The van der Waals surface area contributed by atoms with E-state index in [0.29, 0.717) is 18.0 Å². The summed E-state index contributed by atoms with van der Waals surface area (Å²) in [7, 11) is -3.32. The Morgan fingerprint density at radius 3 is 2.75 bits per heavy atom. The van der Waals surface area contributed by atoms with Crippen molar-refractivity contribution in [3.05, 3.63) is 15.8 Å². The highest BCUT2D eigenvalue weighted by atomic mass is 32.2. The monoisotopic (exact) mass is 314 g/mol. The maximum Gasteiger partial charge on any atom is 0.244 e. The number of sulfonamides is 1. The molecular formula is C14H22N2O2S2. The van der Waals surface area contributed by atoms with Gasteiger partial charge in [0.2, 0.25) is 10.0 Å². The summed E-state index contributed by atoms with van der Waals surface area (Å²) in [6.07, 6.45) is 3.22. The molecule has 3 rings (SSSR count). The fourth-order valence-corrected chi connectivity index (χ4v) is 6.63. The Balaban J connectivity index is 1.89. The quantitative estimate of drug-likeness (QED) is 0.910. The highest BCUT2D eigenvalue weighted by Gasteiger charge is 2.42. The molecule has 2 aliphatic rings. The Hall–Kier alpha value is -0.430. The summed E-state index contributed by atoms with van der Waals surface area (Å²) < 4.78 is 27.5. The lowest BCUT2D eigenvalue weighted by molar-refractivity contribution is 0.166. The summed E-state index contributed by atoms with van der Waals surface area (Å²) in [6.45, 7) is 7.19. The number of thiophene rings is 1. The van der Waals surface area contributed by atoms with Crippen molar-refractivity contribution in [2.24, 2.45) is 5.41 Å². The second-order valence-electron chi connectivity index (χ2n) is 6.15. The average Bonchev–Trinajstić information content (AvgIpc) is 2.97. The van der Waals surface area contributed by atoms with Gasteiger partial charge in [-0.15, -0.1) is 11.3 Å². The number of piperidine rings is 1. The Labute approximate surface area is 125 Å². The van der Waals surface area contributed by atoms with E-state index < -0.39 is 10.0 Å². The zero-order valence-corrected chi connectivity index (χ0v) is 13.7. The van der Waals surface area contributed by atoms with Crippen molar-refractivity contribution >= 4 is 21.4 Å². The molecule has 2 aliphatic heterocycles. The minimum atomic E-state index is -3.32. The molecule has 1 atom stereocenters. The van der Waals surface area contributed by atoms with Crippen LogP contribution in [0.25, 0.3) is 0 Å². The number of nitrogens with one attached hydrogen (secondary N) is 1. The molecule has 2 saturated heterocycles. The van der Waals surface area contributed by atoms with Crippen LogP contribution in [0.1, 0.15) is 29.0 Å². The van der Waals surface area contributed by atoms with Crippen molar-refractivity contribution in [1.29, 1.82) is 0 Å². The zero-order chi connectivity index (χ0) is 14.4. The molecule has 1 N–H and O–H groups in total. The summed E-state index contributed by atoms with van der Waals surface area (Å²) in [6, 6.07) is 1.82.